The summed E-state index contributed by atoms with van der Waals surface area (Å²) in [6.07, 6.45) is -2.22. The molecule has 1 aliphatic rings. The number of rotatable bonds is 4. The molecule has 27 heavy (non-hydrogen) atoms. The minimum absolute atomic E-state index is 0.186. The predicted molar refractivity (Wildman–Crippen MR) is 91.8 cm³/mol. The number of nitrogens with one attached hydrogen (secondary N) is 1. The lowest BCUT2D eigenvalue weighted by Crippen LogP contribution is -2.29. The Morgan fingerprint density at radius 3 is 2.70 bits per heavy atom. The third-order valence-corrected chi connectivity index (χ3v) is 4.88. The molecule has 0 bridgehead atoms. The first kappa shape index (κ1) is 17.5. The smallest absolute Gasteiger partial charge is 0.346 e. The molecule has 3 aromatic rings. The number of alkyl halides is 3. The lowest BCUT2D eigenvalue weighted by atomic mass is 10.0. The molecule has 3 atom stereocenters. The number of halogens is 3. The zero-order valence-electron chi connectivity index (χ0n) is 14.4. The van der Waals surface area contributed by atoms with Gasteiger partial charge >= 0.3 is 6.18 Å². The highest BCUT2D eigenvalue weighted by molar-refractivity contribution is 5.83. The number of benzene rings is 1. The van der Waals surface area contributed by atoms with Gasteiger partial charge in [0.1, 0.15) is 0 Å². The predicted octanol–water partition coefficient (Wildman–Crippen LogP) is 3.73. The molecular formula is C19H17F3N4O. The van der Waals surface area contributed by atoms with Crippen molar-refractivity contribution in [1.82, 2.24) is 19.9 Å². The molecule has 0 saturated heterocycles. The lowest BCUT2D eigenvalue weighted by Gasteiger charge is -2.14. The largest absolute Gasteiger partial charge is 0.416 e. The number of amides is 1. The lowest BCUT2D eigenvalue weighted by molar-refractivity contribution is -0.138. The van der Waals surface area contributed by atoms with Crippen LogP contribution >= 0.6 is 0 Å². The van der Waals surface area contributed by atoms with Gasteiger partial charge < -0.3 is 5.32 Å². The first-order chi connectivity index (χ1) is 12.9. The van der Waals surface area contributed by atoms with Crippen LogP contribution in [0.2, 0.25) is 0 Å². The van der Waals surface area contributed by atoms with Gasteiger partial charge in [-0.2, -0.15) is 13.2 Å². The summed E-state index contributed by atoms with van der Waals surface area (Å²) in [5, 5.41) is 11.0. The van der Waals surface area contributed by atoms with Crippen molar-refractivity contribution in [1.29, 1.82) is 0 Å². The fraction of sp³-hybridized carbons (Fsp3) is 0.316. The van der Waals surface area contributed by atoms with Crippen LogP contribution in [0.4, 0.5) is 13.2 Å². The van der Waals surface area contributed by atoms with Crippen LogP contribution < -0.4 is 5.32 Å². The van der Waals surface area contributed by atoms with Crippen LogP contribution in [0.5, 0.6) is 0 Å². The summed E-state index contributed by atoms with van der Waals surface area (Å²) in [6, 6.07) is 10.5. The van der Waals surface area contributed by atoms with E-state index < -0.39 is 29.6 Å². The van der Waals surface area contributed by atoms with Gasteiger partial charge in [-0.05, 0) is 43.0 Å². The highest BCUT2D eigenvalue weighted by Gasteiger charge is 2.48. The van der Waals surface area contributed by atoms with E-state index in [9.17, 15) is 18.0 Å². The van der Waals surface area contributed by atoms with Crippen molar-refractivity contribution in [2.45, 2.75) is 31.5 Å². The molecule has 2 heterocycles. The summed E-state index contributed by atoms with van der Waals surface area (Å²) in [7, 11) is 0. The van der Waals surface area contributed by atoms with E-state index in [-0.39, 0.29) is 11.5 Å². The van der Waals surface area contributed by atoms with Gasteiger partial charge in [0.25, 0.3) is 0 Å². The van der Waals surface area contributed by atoms with Gasteiger partial charge in [0.05, 0.1) is 11.6 Å². The molecule has 0 aliphatic heterocycles. The highest BCUT2D eigenvalue weighted by atomic mass is 19.4. The molecule has 2 aromatic heterocycles. The maximum Gasteiger partial charge on any atom is 0.416 e. The van der Waals surface area contributed by atoms with E-state index in [1.165, 1.54) is 12.1 Å². The second-order valence-electron chi connectivity index (χ2n) is 6.75. The number of aromatic nitrogens is 3. The summed E-state index contributed by atoms with van der Waals surface area (Å²) in [5.74, 6) is -0.565. The number of pyridine rings is 1. The number of carbonyl (C=O) groups excluding carboxylic acids is 1. The van der Waals surface area contributed by atoms with Crippen LogP contribution in [0.15, 0.2) is 48.7 Å². The molecule has 1 aliphatic carbocycles. The number of hydrogen-bond donors (Lipinski definition) is 1. The van der Waals surface area contributed by atoms with Gasteiger partial charge in [-0.3, -0.25) is 9.20 Å². The SMILES string of the molecule is CC(NC(=O)C1CC1c1ccccc1C(F)(F)F)c1nnc2ccccn12. The minimum atomic E-state index is -4.42. The normalized spacial score (nSPS) is 20.4. The molecule has 0 radical (unpaired) electrons. The van der Waals surface area contributed by atoms with Crippen LogP contribution in [-0.2, 0) is 11.0 Å². The number of carbonyl (C=O) groups is 1. The quantitative estimate of drug-likeness (QED) is 0.757. The van der Waals surface area contributed by atoms with Crippen LogP contribution in [0, 0.1) is 5.92 Å². The van der Waals surface area contributed by atoms with Crippen LogP contribution in [0.3, 0.4) is 0 Å². The molecule has 3 unspecified atom stereocenters. The average Bonchev–Trinajstić information content (AvgIpc) is 3.32. The summed E-state index contributed by atoms with van der Waals surface area (Å²) >= 11 is 0. The average molecular weight is 374 g/mol. The Bertz CT molecular complexity index is 998. The Kier molecular flexibility index (Phi) is 4.13. The van der Waals surface area contributed by atoms with Gasteiger partial charge in [-0.15, -0.1) is 10.2 Å². The van der Waals surface area contributed by atoms with Gasteiger partial charge in [0.2, 0.25) is 5.91 Å². The standard InChI is InChI=1S/C19H17F3N4O/c1-11(17-25-24-16-8-4-5-9-26(16)17)23-18(27)14-10-13(14)12-6-2-3-7-15(12)19(20,21)22/h2-9,11,13-14H,10H2,1H3,(H,23,27). The van der Waals surface area contributed by atoms with Crippen molar-refractivity contribution < 1.29 is 18.0 Å². The third-order valence-electron chi connectivity index (χ3n) is 4.88. The van der Waals surface area contributed by atoms with Crippen LogP contribution in [0.1, 0.15) is 42.3 Å². The molecule has 1 saturated carbocycles. The maximum absolute atomic E-state index is 13.2. The van der Waals surface area contributed by atoms with E-state index in [4.69, 9.17) is 0 Å². The van der Waals surface area contributed by atoms with Crippen molar-refractivity contribution >= 4 is 11.6 Å². The maximum atomic E-state index is 13.2. The van der Waals surface area contributed by atoms with E-state index >= 15 is 0 Å². The van der Waals surface area contributed by atoms with Gasteiger partial charge in [0, 0.05) is 12.1 Å². The third kappa shape index (κ3) is 3.27. The first-order valence-corrected chi connectivity index (χ1v) is 8.62. The summed E-state index contributed by atoms with van der Waals surface area (Å²) in [4.78, 5) is 12.5. The summed E-state index contributed by atoms with van der Waals surface area (Å²) in [6.45, 7) is 1.78. The molecule has 8 heteroatoms. The number of nitrogens with zero attached hydrogens (tertiary/aromatic N) is 3. The second kappa shape index (κ2) is 6.37. The fourth-order valence-electron chi connectivity index (χ4n) is 3.45. The molecule has 0 spiro atoms. The topological polar surface area (TPSA) is 59.3 Å². The summed E-state index contributed by atoms with van der Waals surface area (Å²) < 4.78 is 41.3. The molecule has 5 nitrogen and oxygen atoms in total. The van der Waals surface area contributed by atoms with Crippen LogP contribution in [0.25, 0.3) is 5.65 Å². The van der Waals surface area contributed by atoms with Crippen molar-refractivity contribution in [3.63, 3.8) is 0 Å². The molecular weight excluding hydrogens is 357 g/mol. The zero-order chi connectivity index (χ0) is 19.2. The van der Waals surface area contributed by atoms with E-state index in [0.717, 1.165) is 6.07 Å². The van der Waals surface area contributed by atoms with E-state index in [1.807, 2.05) is 12.1 Å². The number of hydrogen-bond acceptors (Lipinski definition) is 3. The first-order valence-electron chi connectivity index (χ1n) is 8.62. The van der Waals surface area contributed by atoms with E-state index in [2.05, 4.69) is 15.5 Å². The van der Waals surface area contributed by atoms with E-state index in [1.54, 1.807) is 29.7 Å². The van der Waals surface area contributed by atoms with Crippen molar-refractivity contribution in [3.8, 4) is 0 Å². The van der Waals surface area contributed by atoms with E-state index in [0.29, 0.717) is 17.9 Å². The van der Waals surface area contributed by atoms with Crippen molar-refractivity contribution in [2.75, 3.05) is 0 Å². The molecule has 4 rings (SSSR count). The van der Waals surface area contributed by atoms with Crippen LogP contribution in [-0.4, -0.2) is 20.5 Å². The molecule has 1 N–H and O–H groups in total. The van der Waals surface area contributed by atoms with Gasteiger partial charge in [0.15, 0.2) is 11.5 Å². The Labute approximate surface area is 153 Å². The molecule has 140 valence electrons. The molecule has 1 aromatic carbocycles. The Hall–Kier alpha value is -2.90. The minimum Gasteiger partial charge on any atom is -0.346 e. The second-order valence-corrected chi connectivity index (χ2v) is 6.75. The van der Waals surface area contributed by atoms with Gasteiger partial charge in [-0.25, -0.2) is 0 Å². The number of fused-ring (bicyclic) bond motifs is 1. The summed E-state index contributed by atoms with van der Waals surface area (Å²) in [5.41, 5.74) is 0.185. The fourth-order valence-corrected chi connectivity index (χ4v) is 3.45. The highest BCUT2D eigenvalue weighted by Crippen LogP contribution is 2.51. The molecule has 1 fully saturated rings. The Morgan fingerprint density at radius 1 is 1.19 bits per heavy atom. The Balaban J connectivity index is 1.48. The van der Waals surface area contributed by atoms with Gasteiger partial charge in [-0.1, -0.05) is 24.3 Å². The Morgan fingerprint density at radius 2 is 1.93 bits per heavy atom. The zero-order valence-corrected chi connectivity index (χ0v) is 14.4. The monoisotopic (exact) mass is 374 g/mol. The van der Waals surface area contributed by atoms with Crippen molar-refractivity contribution in [3.05, 3.63) is 65.6 Å². The molecule has 1 amide bonds. The van der Waals surface area contributed by atoms with Crippen molar-refractivity contribution in [2.24, 2.45) is 5.92 Å².